The highest BCUT2D eigenvalue weighted by Crippen LogP contribution is 2.28. The van der Waals surface area contributed by atoms with E-state index >= 15 is 0 Å². The number of nitrogens with zero attached hydrogens (tertiary/aromatic N) is 4. The van der Waals surface area contributed by atoms with E-state index in [1.165, 1.54) is 12.5 Å². The molecule has 90 valence electrons. The smallest absolute Gasteiger partial charge is 0.139 e. The summed E-state index contributed by atoms with van der Waals surface area (Å²) >= 11 is 6.05. The standard InChI is InChI=1S/C11H13ClN4O/c1-7(2)16-10(8(12)5-15-16)11(17)9-3-4-13-6-14-9/h3-7,11,17H,1-2H3. The van der Waals surface area contributed by atoms with Gasteiger partial charge >= 0.3 is 0 Å². The average Bonchev–Trinajstić information content (AvgIpc) is 2.71. The quantitative estimate of drug-likeness (QED) is 0.907. The zero-order chi connectivity index (χ0) is 12.4. The van der Waals surface area contributed by atoms with Gasteiger partial charge in [0.15, 0.2) is 0 Å². The summed E-state index contributed by atoms with van der Waals surface area (Å²) in [5, 5.41) is 14.8. The molecule has 2 aromatic rings. The molecule has 1 atom stereocenters. The molecule has 17 heavy (non-hydrogen) atoms. The van der Waals surface area contributed by atoms with Crippen molar-refractivity contribution in [1.29, 1.82) is 0 Å². The van der Waals surface area contributed by atoms with Crippen LogP contribution in [0.25, 0.3) is 0 Å². The van der Waals surface area contributed by atoms with Gasteiger partial charge in [-0.15, -0.1) is 0 Å². The normalized spacial score (nSPS) is 13.0. The minimum atomic E-state index is -0.893. The van der Waals surface area contributed by atoms with E-state index in [1.54, 1.807) is 16.9 Å². The molecular formula is C11H13ClN4O. The molecule has 0 aliphatic carbocycles. The first-order chi connectivity index (χ1) is 8.11. The number of aliphatic hydroxyl groups excluding tert-OH is 1. The van der Waals surface area contributed by atoms with Crippen molar-refractivity contribution in [2.75, 3.05) is 0 Å². The number of hydrogen-bond donors (Lipinski definition) is 1. The summed E-state index contributed by atoms with van der Waals surface area (Å²) in [6.45, 7) is 3.94. The predicted molar refractivity (Wildman–Crippen MR) is 63.7 cm³/mol. The molecule has 0 aliphatic heterocycles. The van der Waals surface area contributed by atoms with E-state index in [2.05, 4.69) is 15.1 Å². The highest BCUT2D eigenvalue weighted by Gasteiger charge is 2.21. The molecule has 6 heteroatoms. The number of halogens is 1. The second kappa shape index (κ2) is 4.81. The topological polar surface area (TPSA) is 63.8 Å². The maximum atomic E-state index is 10.3. The molecule has 0 fully saturated rings. The maximum Gasteiger partial charge on any atom is 0.139 e. The van der Waals surface area contributed by atoms with Crippen molar-refractivity contribution >= 4 is 11.6 Å². The molecule has 0 saturated heterocycles. The second-order valence-electron chi connectivity index (χ2n) is 3.95. The third-order valence-electron chi connectivity index (χ3n) is 2.42. The first-order valence-electron chi connectivity index (χ1n) is 5.28. The summed E-state index contributed by atoms with van der Waals surface area (Å²) in [6, 6.07) is 1.77. The van der Waals surface area contributed by atoms with Crippen LogP contribution in [0.5, 0.6) is 0 Å². The molecule has 0 aliphatic rings. The van der Waals surface area contributed by atoms with Crippen LogP contribution in [0.1, 0.15) is 37.4 Å². The Morgan fingerprint density at radius 1 is 1.41 bits per heavy atom. The van der Waals surface area contributed by atoms with Gasteiger partial charge in [0.2, 0.25) is 0 Å². The van der Waals surface area contributed by atoms with Crippen LogP contribution in [-0.4, -0.2) is 24.9 Å². The van der Waals surface area contributed by atoms with Gasteiger partial charge in [-0.2, -0.15) is 5.10 Å². The van der Waals surface area contributed by atoms with E-state index < -0.39 is 6.10 Å². The molecule has 0 amide bonds. The molecule has 2 aromatic heterocycles. The van der Waals surface area contributed by atoms with Gasteiger partial charge in [-0.05, 0) is 19.9 Å². The van der Waals surface area contributed by atoms with Gasteiger partial charge in [0.05, 0.1) is 22.6 Å². The Morgan fingerprint density at radius 3 is 2.76 bits per heavy atom. The number of aromatic nitrogens is 4. The molecular weight excluding hydrogens is 240 g/mol. The van der Waals surface area contributed by atoms with Crippen LogP contribution in [0.4, 0.5) is 0 Å². The number of aliphatic hydroxyl groups is 1. The Hall–Kier alpha value is -1.46. The van der Waals surface area contributed by atoms with Gasteiger partial charge in [-0.25, -0.2) is 9.97 Å². The summed E-state index contributed by atoms with van der Waals surface area (Å²) in [5.74, 6) is 0. The van der Waals surface area contributed by atoms with Gasteiger partial charge in [-0.3, -0.25) is 4.68 Å². The largest absolute Gasteiger partial charge is 0.380 e. The Kier molecular flexibility index (Phi) is 3.40. The Labute approximate surface area is 104 Å². The van der Waals surface area contributed by atoms with Gasteiger partial charge in [0.1, 0.15) is 12.4 Å². The fourth-order valence-corrected chi connectivity index (χ4v) is 1.85. The predicted octanol–water partition coefficient (Wildman–Crippen LogP) is 1.99. The molecule has 2 heterocycles. The van der Waals surface area contributed by atoms with Gasteiger partial charge in [0, 0.05) is 12.2 Å². The van der Waals surface area contributed by atoms with Crippen molar-refractivity contribution in [1.82, 2.24) is 19.7 Å². The molecule has 5 nitrogen and oxygen atoms in total. The van der Waals surface area contributed by atoms with E-state index in [9.17, 15) is 5.11 Å². The maximum absolute atomic E-state index is 10.3. The lowest BCUT2D eigenvalue weighted by Gasteiger charge is -2.15. The lowest BCUT2D eigenvalue weighted by Crippen LogP contribution is -2.13. The van der Waals surface area contributed by atoms with E-state index in [0.29, 0.717) is 16.4 Å². The minimum absolute atomic E-state index is 0.119. The zero-order valence-corrected chi connectivity index (χ0v) is 10.3. The fraction of sp³-hybridized carbons (Fsp3) is 0.364. The molecule has 0 spiro atoms. The molecule has 1 unspecified atom stereocenters. The summed E-state index contributed by atoms with van der Waals surface area (Å²) in [7, 11) is 0. The third-order valence-corrected chi connectivity index (χ3v) is 2.71. The lowest BCUT2D eigenvalue weighted by molar-refractivity contribution is 0.200. The average molecular weight is 253 g/mol. The van der Waals surface area contributed by atoms with Crippen molar-refractivity contribution in [2.45, 2.75) is 26.0 Å². The van der Waals surface area contributed by atoms with Crippen LogP contribution >= 0.6 is 11.6 Å². The number of hydrogen-bond acceptors (Lipinski definition) is 4. The second-order valence-corrected chi connectivity index (χ2v) is 4.36. The van der Waals surface area contributed by atoms with Crippen molar-refractivity contribution < 1.29 is 5.11 Å². The van der Waals surface area contributed by atoms with Crippen molar-refractivity contribution in [3.63, 3.8) is 0 Å². The van der Waals surface area contributed by atoms with Crippen molar-refractivity contribution in [3.05, 3.63) is 41.2 Å². The minimum Gasteiger partial charge on any atom is -0.380 e. The summed E-state index contributed by atoms with van der Waals surface area (Å²) < 4.78 is 1.69. The van der Waals surface area contributed by atoms with Crippen LogP contribution in [0.15, 0.2) is 24.8 Å². The fourth-order valence-electron chi connectivity index (χ4n) is 1.62. The SMILES string of the molecule is CC(C)n1ncc(Cl)c1C(O)c1ccncn1. The molecule has 0 bridgehead atoms. The van der Waals surface area contributed by atoms with Crippen LogP contribution in [0.3, 0.4) is 0 Å². The van der Waals surface area contributed by atoms with Crippen molar-refractivity contribution in [3.8, 4) is 0 Å². The summed E-state index contributed by atoms with van der Waals surface area (Å²) in [6.07, 6.45) is 3.61. The highest BCUT2D eigenvalue weighted by atomic mass is 35.5. The van der Waals surface area contributed by atoms with Gasteiger partial charge in [0.25, 0.3) is 0 Å². The van der Waals surface area contributed by atoms with Gasteiger partial charge in [-0.1, -0.05) is 11.6 Å². The molecule has 0 saturated carbocycles. The van der Waals surface area contributed by atoms with E-state index in [1.807, 2.05) is 13.8 Å². The van der Waals surface area contributed by atoms with E-state index in [4.69, 9.17) is 11.6 Å². The van der Waals surface area contributed by atoms with Crippen LogP contribution in [0, 0.1) is 0 Å². The summed E-state index contributed by atoms with van der Waals surface area (Å²) in [4.78, 5) is 7.83. The molecule has 1 N–H and O–H groups in total. The summed E-state index contributed by atoms with van der Waals surface area (Å²) in [5.41, 5.74) is 1.06. The van der Waals surface area contributed by atoms with Crippen LogP contribution in [0.2, 0.25) is 5.02 Å². The van der Waals surface area contributed by atoms with E-state index in [0.717, 1.165) is 0 Å². The first-order valence-corrected chi connectivity index (χ1v) is 5.66. The van der Waals surface area contributed by atoms with Crippen molar-refractivity contribution in [2.24, 2.45) is 0 Å². The Balaban J connectivity index is 2.43. The molecule has 0 radical (unpaired) electrons. The first kappa shape index (κ1) is 12.0. The lowest BCUT2D eigenvalue weighted by atomic mass is 10.1. The molecule has 0 aromatic carbocycles. The Morgan fingerprint density at radius 2 is 2.18 bits per heavy atom. The molecule has 2 rings (SSSR count). The number of rotatable bonds is 3. The zero-order valence-electron chi connectivity index (χ0n) is 9.58. The van der Waals surface area contributed by atoms with E-state index in [-0.39, 0.29) is 6.04 Å². The Bertz CT molecular complexity index is 497. The third kappa shape index (κ3) is 2.30. The highest BCUT2D eigenvalue weighted by molar-refractivity contribution is 6.31. The van der Waals surface area contributed by atoms with Gasteiger partial charge < -0.3 is 5.11 Å². The van der Waals surface area contributed by atoms with Crippen LogP contribution < -0.4 is 0 Å². The van der Waals surface area contributed by atoms with Crippen LogP contribution in [-0.2, 0) is 0 Å². The monoisotopic (exact) mass is 252 g/mol.